The van der Waals surface area contributed by atoms with Gasteiger partial charge in [-0.1, -0.05) is 0 Å². The molecule has 0 atom stereocenters. The molecule has 0 fully saturated rings. The Morgan fingerprint density at radius 3 is 2.85 bits per heavy atom. The average molecular weight is 199 g/mol. The first-order chi connectivity index (χ1) is 6.27. The third-order valence-corrected chi connectivity index (χ3v) is 2.34. The van der Waals surface area contributed by atoms with Gasteiger partial charge in [0.05, 0.1) is 6.61 Å². The summed E-state index contributed by atoms with van der Waals surface area (Å²) in [5.74, 6) is 0.712. The third kappa shape index (κ3) is 2.86. The molecule has 0 saturated heterocycles. The lowest BCUT2D eigenvalue weighted by Crippen LogP contribution is -2.08. The Kier molecular flexibility index (Phi) is 3.98. The number of thioether (sulfide) groups is 1. The standard InChI is InChI=1S/C8H13N3OS/c1-6-5-7(9-3-4-12)10-11-8(6)13-2/h5,12H,3-4H2,1-2H3,(H,9,10). The second-order valence-electron chi connectivity index (χ2n) is 2.57. The van der Waals surface area contributed by atoms with Gasteiger partial charge >= 0.3 is 0 Å². The van der Waals surface area contributed by atoms with Gasteiger partial charge in [0.15, 0.2) is 0 Å². The zero-order chi connectivity index (χ0) is 9.68. The van der Waals surface area contributed by atoms with Crippen molar-refractivity contribution in [3.05, 3.63) is 11.6 Å². The van der Waals surface area contributed by atoms with E-state index < -0.39 is 0 Å². The van der Waals surface area contributed by atoms with Crippen LogP contribution in [0.25, 0.3) is 0 Å². The van der Waals surface area contributed by atoms with Gasteiger partial charge in [0.2, 0.25) is 0 Å². The number of aliphatic hydroxyl groups is 1. The molecule has 0 unspecified atom stereocenters. The molecule has 0 aliphatic carbocycles. The predicted molar refractivity (Wildman–Crippen MR) is 54.1 cm³/mol. The van der Waals surface area contributed by atoms with Gasteiger partial charge in [0, 0.05) is 6.54 Å². The molecule has 13 heavy (non-hydrogen) atoms. The first-order valence-corrected chi connectivity index (χ1v) is 5.23. The molecule has 0 aromatic carbocycles. The van der Waals surface area contributed by atoms with E-state index in [4.69, 9.17) is 5.11 Å². The van der Waals surface area contributed by atoms with Crippen molar-refractivity contribution >= 4 is 17.6 Å². The van der Waals surface area contributed by atoms with Crippen molar-refractivity contribution in [1.29, 1.82) is 0 Å². The summed E-state index contributed by atoms with van der Waals surface area (Å²) >= 11 is 1.58. The van der Waals surface area contributed by atoms with Crippen LogP contribution < -0.4 is 5.32 Å². The average Bonchev–Trinajstić information content (AvgIpc) is 2.15. The molecular formula is C8H13N3OS. The summed E-state index contributed by atoms with van der Waals surface area (Å²) in [5, 5.41) is 20.4. The van der Waals surface area contributed by atoms with Crippen LogP contribution in [0.3, 0.4) is 0 Å². The van der Waals surface area contributed by atoms with E-state index in [0.717, 1.165) is 10.6 Å². The van der Waals surface area contributed by atoms with E-state index in [2.05, 4.69) is 15.5 Å². The zero-order valence-electron chi connectivity index (χ0n) is 7.74. The highest BCUT2D eigenvalue weighted by Crippen LogP contribution is 2.17. The normalized spacial score (nSPS) is 10.1. The molecule has 0 amide bonds. The Labute approximate surface area is 81.8 Å². The van der Waals surface area contributed by atoms with E-state index in [0.29, 0.717) is 12.4 Å². The molecule has 5 heteroatoms. The predicted octanol–water partition coefficient (Wildman–Crippen LogP) is 0.911. The minimum Gasteiger partial charge on any atom is -0.395 e. The molecule has 2 N–H and O–H groups in total. The maximum Gasteiger partial charge on any atom is 0.149 e. The monoisotopic (exact) mass is 199 g/mol. The van der Waals surface area contributed by atoms with Gasteiger partial charge in [-0.25, -0.2) is 0 Å². The van der Waals surface area contributed by atoms with E-state index >= 15 is 0 Å². The lowest BCUT2D eigenvalue weighted by molar-refractivity contribution is 0.311. The van der Waals surface area contributed by atoms with Crippen LogP contribution in [0.15, 0.2) is 11.1 Å². The topological polar surface area (TPSA) is 58.0 Å². The Hall–Kier alpha value is -0.810. The number of hydrogen-bond donors (Lipinski definition) is 2. The number of nitrogens with zero attached hydrogens (tertiary/aromatic N) is 2. The zero-order valence-corrected chi connectivity index (χ0v) is 8.56. The number of aliphatic hydroxyl groups excluding tert-OH is 1. The largest absolute Gasteiger partial charge is 0.395 e. The van der Waals surface area contributed by atoms with Gasteiger partial charge in [-0.05, 0) is 24.8 Å². The molecule has 0 bridgehead atoms. The van der Waals surface area contributed by atoms with Gasteiger partial charge in [-0.15, -0.1) is 22.0 Å². The molecule has 0 spiro atoms. The smallest absolute Gasteiger partial charge is 0.149 e. The Morgan fingerprint density at radius 2 is 2.31 bits per heavy atom. The second kappa shape index (κ2) is 5.04. The second-order valence-corrected chi connectivity index (χ2v) is 3.37. The maximum atomic E-state index is 8.58. The highest BCUT2D eigenvalue weighted by atomic mass is 32.2. The van der Waals surface area contributed by atoms with Crippen molar-refractivity contribution in [2.24, 2.45) is 0 Å². The van der Waals surface area contributed by atoms with Gasteiger partial charge in [-0.3, -0.25) is 0 Å². The van der Waals surface area contributed by atoms with Crippen LogP contribution in [0.2, 0.25) is 0 Å². The van der Waals surface area contributed by atoms with E-state index in [-0.39, 0.29) is 6.61 Å². The van der Waals surface area contributed by atoms with Crippen LogP contribution in [0.4, 0.5) is 5.82 Å². The van der Waals surface area contributed by atoms with Crippen LogP contribution in [0.1, 0.15) is 5.56 Å². The summed E-state index contributed by atoms with van der Waals surface area (Å²) in [4.78, 5) is 0. The fraction of sp³-hybridized carbons (Fsp3) is 0.500. The summed E-state index contributed by atoms with van der Waals surface area (Å²) in [6.07, 6.45) is 1.97. The number of hydrogen-bond acceptors (Lipinski definition) is 5. The van der Waals surface area contributed by atoms with Crippen molar-refractivity contribution in [3.63, 3.8) is 0 Å². The maximum absolute atomic E-state index is 8.58. The summed E-state index contributed by atoms with van der Waals surface area (Å²) in [6.45, 7) is 2.60. The SMILES string of the molecule is CSc1nnc(NCCO)cc1C. The van der Waals surface area contributed by atoms with Crippen molar-refractivity contribution in [2.45, 2.75) is 11.9 Å². The molecule has 0 radical (unpaired) electrons. The quantitative estimate of drug-likeness (QED) is 0.706. The van der Waals surface area contributed by atoms with E-state index in [1.165, 1.54) is 0 Å². The van der Waals surface area contributed by atoms with Gasteiger partial charge in [-0.2, -0.15) is 0 Å². The van der Waals surface area contributed by atoms with E-state index in [1.807, 2.05) is 19.2 Å². The van der Waals surface area contributed by atoms with Crippen LogP contribution in [-0.2, 0) is 0 Å². The molecule has 1 aromatic rings. The Morgan fingerprint density at radius 1 is 1.54 bits per heavy atom. The fourth-order valence-electron chi connectivity index (χ4n) is 0.946. The number of rotatable bonds is 4. The number of aromatic nitrogens is 2. The van der Waals surface area contributed by atoms with Gasteiger partial charge in [0.1, 0.15) is 10.8 Å². The fourth-order valence-corrected chi connectivity index (χ4v) is 1.45. The van der Waals surface area contributed by atoms with Gasteiger partial charge < -0.3 is 10.4 Å². The van der Waals surface area contributed by atoms with Crippen molar-refractivity contribution in [3.8, 4) is 0 Å². The molecule has 1 rings (SSSR count). The highest BCUT2D eigenvalue weighted by Gasteiger charge is 2.00. The Balaban J connectivity index is 2.71. The minimum atomic E-state index is 0.102. The molecule has 72 valence electrons. The first kappa shape index (κ1) is 10.3. The summed E-state index contributed by atoms with van der Waals surface area (Å²) in [6, 6.07) is 1.93. The molecule has 4 nitrogen and oxygen atoms in total. The van der Waals surface area contributed by atoms with Crippen molar-refractivity contribution < 1.29 is 5.11 Å². The molecule has 0 aliphatic heterocycles. The van der Waals surface area contributed by atoms with Crippen molar-refractivity contribution in [1.82, 2.24) is 10.2 Å². The minimum absolute atomic E-state index is 0.102. The van der Waals surface area contributed by atoms with Crippen molar-refractivity contribution in [2.75, 3.05) is 24.7 Å². The lowest BCUT2D eigenvalue weighted by Gasteiger charge is -2.05. The van der Waals surface area contributed by atoms with E-state index in [1.54, 1.807) is 11.8 Å². The Bertz CT molecular complexity index is 280. The molecule has 1 heterocycles. The molecular weight excluding hydrogens is 186 g/mol. The summed E-state index contributed by atoms with van der Waals surface area (Å²) in [5.41, 5.74) is 1.10. The number of anilines is 1. The molecule has 0 aliphatic rings. The van der Waals surface area contributed by atoms with Crippen LogP contribution in [-0.4, -0.2) is 34.7 Å². The summed E-state index contributed by atoms with van der Waals surface area (Å²) in [7, 11) is 0. The number of aryl methyl sites for hydroxylation is 1. The van der Waals surface area contributed by atoms with E-state index in [9.17, 15) is 0 Å². The van der Waals surface area contributed by atoms with Gasteiger partial charge in [0.25, 0.3) is 0 Å². The molecule has 0 saturated carbocycles. The van der Waals surface area contributed by atoms with Crippen LogP contribution in [0.5, 0.6) is 0 Å². The highest BCUT2D eigenvalue weighted by molar-refractivity contribution is 7.98. The lowest BCUT2D eigenvalue weighted by atomic mass is 10.3. The number of nitrogens with one attached hydrogen (secondary N) is 1. The molecule has 1 aromatic heterocycles. The third-order valence-electron chi connectivity index (χ3n) is 1.55. The van der Waals surface area contributed by atoms with Crippen LogP contribution in [0, 0.1) is 6.92 Å². The summed E-state index contributed by atoms with van der Waals surface area (Å²) < 4.78 is 0. The van der Waals surface area contributed by atoms with Crippen LogP contribution >= 0.6 is 11.8 Å². The first-order valence-electron chi connectivity index (χ1n) is 4.01.